The van der Waals surface area contributed by atoms with Crippen molar-refractivity contribution in [2.45, 2.75) is 45.2 Å². The van der Waals surface area contributed by atoms with Crippen molar-refractivity contribution < 1.29 is 9.59 Å². The summed E-state index contributed by atoms with van der Waals surface area (Å²) in [4.78, 5) is 34.3. The number of hydrogen-bond acceptors (Lipinski definition) is 3. The van der Waals surface area contributed by atoms with E-state index in [-0.39, 0.29) is 18.0 Å². The van der Waals surface area contributed by atoms with Gasteiger partial charge in [-0.1, -0.05) is 48.0 Å². The molecule has 0 atom stereocenters. The largest absolute Gasteiger partial charge is 0.349 e. The molecule has 180 valence electrons. The highest BCUT2D eigenvalue weighted by atomic mass is 35.5. The lowest BCUT2D eigenvalue weighted by Gasteiger charge is -2.40. The Morgan fingerprint density at radius 3 is 2.54 bits per heavy atom. The first kappa shape index (κ1) is 23.4. The van der Waals surface area contributed by atoms with Crippen LogP contribution < -0.4 is 15.1 Å². The molecule has 6 nitrogen and oxygen atoms in total. The van der Waals surface area contributed by atoms with Crippen LogP contribution in [0.2, 0.25) is 5.02 Å². The number of amides is 3. The number of rotatable bonds is 5. The Hall–Kier alpha value is -3.38. The maximum Gasteiger partial charge on any atom is 0.329 e. The van der Waals surface area contributed by atoms with Crippen molar-refractivity contribution in [2.75, 3.05) is 16.3 Å². The first-order valence-electron chi connectivity index (χ1n) is 12.1. The quantitative estimate of drug-likeness (QED) is 0.480. The van der Waals surface area contributed by atoms with Crippen molar-refractivity contribution in [3.8, 4) is 0 Å². The number of fused-ring (bicyclic) bond motifs is 1. The summed E-state index contributed by atoms with van der Waals surface area (Å²) < 4.78 is 0. The van der Waals surface area contributed by atoms with Crippen LogP contribution in [0.25, 0.3) is 0 Å². The van der Waals surface area contributed by atoms with Crippen LogP contribution in [0.4, 0.5) is 16.2 Å². The van der Waals surface area contributed by atoms with Gasteiger partial charge >= 0.3 is 6.03 Å². The van der Waals surface area contributed by atoms with Crippen LogP contribution in [0, 0.1) is 12.8 Å². The van der Waals surface area contributed by atoms with E-state index in [9.17, 15) is 9.59 Å². The highest BCUT2D eigenvalue weighted by Crippen LogP contribution is 2.34. The Balaban J connectivity index is 1.25. The number of nitrogens with one attached hydrogen (secondary N) is 1. The maximum absolute atomic E-state index is 13.6. The number of aryl methyl sites for hydroxylation is 1. The third-order valence-electron chi connectivity index (χ3n) is 7.06. The van der Waals surface area contributed by atoms with E-state index in [0.717, 1.165) is 42.6 Å². The number of para-hydroxylation sites is 2. The van der Waals surface area contributed by atoms with Crippen LogP contribution in [0.3, 0.4) is 0 Å². The number of pyridine rings is 1. The summed E-state index contributed by atoms with van der Waals surface area (Å²) >= 11 is 6.03. The van der Waals surface area contributed by atoms with Gasteiger partial charge in [0.1, 0.15) is 0 Å². The van der Waals surface area contributed by atoms with E-state index < -0.39 is 0 Å². The van der Waals surface area contributed by atoms with Gasteiger partial charge in [-0.15, -0.1) is 0 Å². The Kier molecular flexibility index (Phi) is 6.73. The van der Waals surface area contributed by atoms with Crippen molar-refractivity contribution in [1.82, 2.24) is 10.3 Å². The molecule has 0 unspecified atom stereocenters. The van der Waals surface area contributed by atoms with Crippen molar-refractivity contribution in [3.05, 3.63) is 88.7 Å². The van der Waals surface area contributed by atoms with E-state index in [1.54, 1.807) is 12.3 Å². The third kappa shape index (κ3) is 5.03. The van der Waals surface area contributed by atoms with Crippen LogP contribution in [0.15, 0.2) is 66.9 Å². The zero-order chi connectivity index (χ0) is 24.4. The summed E-state index contributed by atoms with van der Waals surface area (Å²) in [5.74, 6) is 0.255. The minimum absolute atomic E-state index is 0.0225. The molecule has 1 aromatic heterocycles. The molecule has 7 heteroatoms. The molecule has 35 heavy (non-hydrogen) atoms. The van der Waals surface area contributed by atoms with Gasteiger partial charge in [0.2, 0.25) is 0 Å². The fourth-order valence-corrected chi connectivity index (χ4v) is 5.29. The summed E-state index contributed by atoms with van der Waals surface area (Å²) in [7, 11) is 0. The molecule has 1 aliphatic carbocycles. The number of hydrogen-bond donors (Lipinski definition) is 1. The number of aromatic nitrogens is 1. The predicted octanol–water partition coefficient (Wildman–Crippen LogP) is 5.98. The van der Waals surface area contributed by atoms with Crippen LogP contribution in [-0.4, -0.2) is 29.5 Å². The second-order valence-corrected chi connectivity index (χ2v) is 9.86. The lowest BCUT2D eigenvalue weighted by molar-refractivity contribution is 0.0921. The van der Waals surface area contributed by atoms with Gasteiger partial charge in [0.05, 0.1) is 28.5 Å². The van der Waals surface area contributed by atoms with Crippen LogP contribution >= 0.6 is 11.6 Å². The standard InChI is InChI=1S/C28H29ClN4O2/c1-19-25(15-22(29)16-30-19)27(34)31-23-13-11-20(12-14-23)17-33-26-10-6-5-7-21(26)18-32(28(33)35)24-8-3-2-4-9-24/h2-10,15-16,20,23H,11-14,17-18H2,1H3,(H,31,34)/t20-,23-. The highest BCUT2D eigenvalue weighted by molar-refractivity contribution is 6.30. The molecule has 1 saturated carbocycles. The fraction of sp³-hybridized carbons (Fsp3) is 0.321. The molecule has 0 radical (unpaired) electrons. The number of anilines is 2. The summed E-state index contributed by atoms with van der Waals surface area (Å²) in [6.07, 6.45) is 5.23. The number of halogens is 1. The molecule has 1 aliphatic heterocycles. The maximum atomic E-state index is 13.6. The van der Waals surface area contributed by atoms with Gasteiger partial charge < -0.3 is 5.32 Å². The molecule has 2 aliphatic rings. The van der Waals surface area contributed by atoms with Crippen LogP contribution in [0.1, 0.15) is 47.3 Å². The molecular weight excluding hydrogens is 460 g/mol. The predicted molar refractivity (Wildman–Crippen MR) is 139 cm³/mol. The minimum atomic E-state index is -0.125. The molecule has 3 amide bonds. The van der Waals surface area contributed by atoms with Gasteiger partial charge in [0.15, 0.2) is 0 Å². The van der Waals surface area contributed by atoms with Crippen LogP contribution in [-0.2, 0) is 6.54 Å². The van der Waals surface area contributed by atoms with Gasteiger partial charge in [-0.25, -0.2) is 4.79 Å². The average Bonchev–Trinajstić information content (AvgIpc) is 2.88. The summed E-state index contributed by atoms with van der Waals surface area (Å²) in [5, 5.41) is 3.61. The van der Waals surface area contributed by atoms with Gasteiger partial charge in [0, 0.05) is 24.5 Å². The number of benzene rings is 2. The smallest absolute Gasteiger partial charge is 0.329 e. The molecule has 1 fully saturated rings. The molecule has 1 N–H and O–H groups in total. The number of carbonyl (C=O) groups is 2. The second kappa shape index (κ2) is 10.1. The van der Waals surface area contributed by atoms with Gasteiger partial charge in [0.25, 0.3) is 5.91 Å². The van der Waals surface area contributed by atoms with E-state index in [4.69, 9.17) is 11.6 Å². The third-order valence-corrected chi connectivity index (χ3v) is 7.27. The SMILES string of the molecule is Cc1ncc(Cl)cc1C(=O)N[C@H]1CC[C@H](CN2C(=O)N(c3ccccc3)Cc3ccccc32)CC1. The molecule has 3 aromatic rings. The number of urea groups is 1. The molecule has 0 saturated heterocycles. The van der Waals surface area contributed by atoms with E-state index in [2.05, 4.69) is 16.4 Å². The number of nitrogens with zero attached hydrogens (tertiary/aromatic N) is 3. The lowest BCUT2D eigenvalue weighted by atomic mass is 9.85. The Morgan fingerprint density at radius 2 is 1.77 bits per heavy atom. The zero-order valence-corrected chi connectivity index (χ0v) is 20.5. The lowest BCUT2D eigenvalue weighted by Crippen LogP contribution is -2.49. The topological polar surface area (TPSA) is 65.5 Å². The van der Waals surface area contributed by atoms with Crippen molar-refractivity contribution in [3.63, 3.8) is 0 Å². The van der Waals surface area contributed by atoms with Gasteiger partial charge in [-0.05, 0) is 68.4 Å². The van der Waals surface area contributed by atoms with Gasteiger partial charge in [-0.2, -0.15) is 0 Å². The molecule has 0 spiro atoms. The van der Waals surface area contributed by atoms with E-state index in [1.165, 1.54) is 0 Å². The molecule has 2 aromatic carbocycles. The normalized spacial score (nSPS) is 19.9. The second-order valence-electron chi connectivity index (χ2n) is 9.42. The van der Waals surface area contributed by atoms with Crippen LogP contribution in [0.5, 0.6) is 0 Å². The first-order chi connectivity index (χ1) is 17.0. The summed E-state index contributed by atoms with van der Waals surface area (Å²) in [6, 6.07) is 19.8. The number of carbonyl (C=O) groups excluding carboxylic acids is 2. The van der Waals surface area contributed by atoms with Crippen molar-refractivity contribution in [2.24, 2.45) is 5.92 Å². The van der Waals surface area contributed by atoms with E-state index >= 15 is 0 Å². The Morgan fingerprint density at radius 1 is 1.06 bits per heavy atom. The highest BCUT2D eigenvalue weighted by Gasteiger charge is 2.34. The van der Waals surface area contributed by atoms with Crippen molar-refractivity contribution >= 4 is 34.9 Å². The molecular formula is C28H29ClN4O2. The zero-order valence-electron chi connectivity index (χ0n) is 19.8. The minimum Gasteiger partial charge on any atom is -0.349 e. The molecule has 5 rings (SSSR count). The monoisotopic (exact) mass is 488 g/mol. The molecule has 0 bridgehead atoms. The molecule has 2 heterocycles. The first-order valence-corrected chi connectivity index (χ1v) is 12.5. The van der Waals surface area contributed by atoms with E-state index in [0.29, 0.717) is 35.3 Å². The summed E-state index contributed by atoms with van der Waals surface area (Å²) in [5.41, 5.74) is 4.27. The Bertz CT molecular complexity index is 1220. The summed E-state index contributed by atoms with van der Waals surface area (Å²) in [6.45, 7) is 3.07. The Labute approximate surface area is 210 Å². The van der Waals surface area contributed by atoms with Gasteiger partial charge in [-0.3, -0.25) is 19.6 Å². The van der Waals surface area contributed by atoms with Crippen molar-refractivity contribution in [1.29, 1.82) is 0 Å². The average molecular weight is 489 g/mol. The van der Waals surface area contributed by atoms with E-state index in [1.807, 2.05) is 65.3 Å². The fourth-order valence-electron chi connectivity index (χ4n) is 5.13.